The van der Waals surface area contributed by atoms with Crippen LogP contribution in [0.2, 0.25) is 0 Å². The number of ether oxygens (including phenoxy) is 1. The first-order valence-electron chi connectivity index (χ1n) is 6.57. The average molecular weight is 252 g/mol. The van der Waals surface area contributed by atoms with Crippen molar-refractivity contribution in [2.24, 2.45) is 11.8 Å². The number of Topliss-reactive ketones (excluding diaryl/α,β-unsaturated/α-hetero) is 1. The predicted octanol–water partition coefficient (Wildman–Crippen LogP) is 2.92. The molecular weight excluding hydrogens is 236 g/mol. The quantitative estimate of drug-likeness (QED) is 0.706. The number of allylic oxidation sites excluding steroid dienone is 10. The highest BCUT2D eigenvalue weighted by Gasteiger charge is 2.22. The highest BCUT2D eigenvalue weighted by atomic mass is 16.5. The third-order valence-corrected chi connectivity index (χ3v) is 3.44. The average Bonchev–Trinajstić information content (AvgIpc) is 3.07. The molecule has 0 aromatic heterocycles. The van der Waals surface area contributed by atoms with Gasteiger partial charge in [0.25, 0.3) is 0 Å². The fraction of sp³-hybridized carbons (Fsp3) is 0.235. The van der Waals surface area contributed by atoms with Gasteiger partial charge in [0.1, 0.15) is 0 Å². The summed E-state index contributed by atoms with van der Waals surface area (Å²) in [5.74, 6) is 0.593. The summed E-state index contributed by atoms with van der Waals surface area (Å²) < 4.78 is 5.53. The molecule has 0 spiro atoms. The Labute approximate surface area is 113 Å². The second-order valence-corrected chi connectivity index (χ2v) is 4.90. The van der Waals surface area contributed by atoms with Gasteiger partial charge in [0.05, 0.1) is 13.2 Å². The van der Waals surface area contributed by atoms with E-state index >= 15 is 0 Å². The van der Waals surface area contributed by atoms with E-state index in [0.717, 1.165) is 11.1 Å². The van der Waals surface area contributed by atoms with Gasteiger partial charge in [-0.2, -0.15) is 0 Å². The van der Waals surface area contributed by atoms with E-state index in [0.29, 0.717) is 13.2 Å². The molecule has 2 nitrogen and oxygen atoms in total. The van der Waals surface area contributed by atoms with Crippen LogP contribution < -0.4 is 0 Å². The zero-order valence-electron chi connectivity index (χ0n) is 10.7. The Hall–Kier alpha value is -1.93. The Morgan fingerprint density at radius 3 is 1.68 bits per heavy atom. The van der Waals surface area contributed by atoms with Crippen LogP contribution in [0.25, 0.3) is 0 Å². The summed E-state index contributed by atoms with van der Waals surface area (Å²) in [6.45, 7) is 0.843. The van der Waals surface area contributed by atoms with Crippen molar-refractivity contribution in [1.82, 2.24) is 0 Å². The molecule has 0 N–H and O–H groups in total. The van der Waals surface area contributed by atoms with Crippen LogP contribution >= 0.6 is 0 Å². The highest BCUT2D eigenvalue weighted by molar-refractivity contribution is 6.09. The van der Waals surface area contributed by atoms with Crippen LogP contribution in [0.5, 0.6) is 0 Å². The minimum Gasteiger partial charge on any atom is -0.372 e. The molecule has 0 amide bonds. The van der Waals surface area contributed by atoms with Crippen molar-refractivity contribution >= 4 is 5.78 Å². The lowest BCUT2D eigenvalue weighted by molar-refractivity contribution is -0.114. The van der Waals surface area contributed by atoms with E-state index in [1.165, 1.54) is 0 Å². The lowest BCUT2D eigenvalue weighted by Gasteiger charge is -2.18. The van der Waals surface area contributed by atoms with E-state index in [1.54, 1.807) is 0 Å². The van der Waals surface area contributed by atoms with Gasteiger partial charge in [-0.15, -0.1) is 0 Å². The number of ketones is 1. The lowest BCUT2D eigenvalue weighted by atomic mass is 9.95. The number of carbonyl (C=O) groups excluding carboxylic acids is 1. The summed E-state index contributed by atoms with van der Waals surface area (Å²) in [5.41, 5.74) is 1.54. The first kappa shape index (κ1) is 12.1. The van der Waals surface area contributed by atoms with Gasteiger partial charge < -0.3 is 4.74 Å². The molecule has 1 aliphatic heterocycles. The normalized spacial score (nSPS) is 27.5. The summed E-state index contributed by atoms with van der Waals surface area (Å²) in [6.07, 6.45) is 20.3. The van der Waals surface area contributed by atoms with E-state index in [1.807, 2.05) is 36.5 Å². The first-order valence-corrected chi connectivity index (χ1v) is 6.57. The molecule has 0 radical (unpaired) electrons. The topological polar surface area (TPSA) is 26.3 Å². The van der Waals surface area contributed by atoms with Crippen LogP contribution in [-0.4, -0.2) is 19.0 Å². The maximum atomic E-state index is 12.4. The maximum absolute atomic E-state index is 12.4. The molecule has 0 unspecified atom stereocenters. The molecule has 0 atom stereocenters. The van der Waals surface area contributed by atoms with Crippen molar-refractivity contribution in [1.29, 1.82) is 0 Å². The molecule has 0 aromatic rings. The molecule has 1 heterocycles. The smallest absolute Gasteiger partial charge is 0.189 e. The number of rotatable bonds is 2. The van der Waals surface area contributed by atoms with Crippen LogP contribution in [-0.2, 0) is 9.53 Å². The van der Waals surface area contributed by atoms with Crippen LogP contribution in [0.4, 0.5) is 0 Å². The molecule has 2 heteroatoms. The van der Waals surface area contributed by atoms with E-state index in [-0.39, 0.29) is 17.6 Å². The van der Waals surface area contributed by atoms with Crippen molar-refractivity contribution in [3.05, 3.63) is 71.9 Å². The van der Waals surface area contributed by atoms with Gasteiger partial charge >= 0.3 is 0 Å². The van der Waals surface area contributed by atoms with Crippen molar-refractivity contribution in [3.63, 3.8) is 0 Å². The molecule has 0 bridgehead atoms. The van der Waals surface area contributed by atoms with Gasteiger partial charge in [0, 0.05) is 23.0 Å². The molecular formula is C17H16O2. The van der Waals surface area contributed by atoms with Gasteiger partial charge in [0.2, 0.25) is 0 Å². The summed E-state index contributed by atoms with van der Waals surface area (Å²) in [6, 6.07) is 0. The molecule has 0 aromatic carbocycles. The fourth-order valence-electron chi connectivity index (χ4n) is 2.44. The Morgan fingerprint density at radius 2 is 1.26 bits per heavy atom. The third kappa shape index (κ3) is 2.74. The molecule has 1 saturated heterocycles. The molecule has 3 aliphatic rings. The van der Waals surface area contributed by atoms with E-state index < -0.39 is 0 Å². The Kier molecular flexibility index (Phi) is 3.43. The Morgan fingerprint density at radius 1 is 0.842 bits per heavy atom. The number of hydrogen-bond acceptors (Lipinski definition) is 2. The molecule has 1 fully saturated rings. The van der Waals surface area contributed by atoms with Gasteiger partial charge in [-0.1, -0.05) is 60.8 Å². The van der Waals surface area contributed by atoms with Gasteiger partial charge in [0.15, 0.2) is 5.78 Å². The van der Waals surface area contributed by atoms with Crippen molar-refractivity contribution in [2.75, 3.05) is 13.2 Å². The SMILES string of the molecule is O=C1/C(=C\C2C=CC=C2)COC/C1=C\C1C=CC=C1. The Bertz CT molecular complexity index is 484. The lowest BCUT2D eigenvalue weighted by Crippen LogP contribution is -2.23. The van der Waals surface area contributed by atoms with Crippen molar-refractivity contribution in [2.45, 2.75) is 0 Å². The van der Waals surface area contributed by atoms with E-state index in [9.17, 15) is 4.79 Å². The molecule has 0 saturated carbocycles. The fourth-order valence-corrected chi connectivity index (χ4v) is 2.44. The van der Waals surface area contributed by atoms with Crippen LogP contribution in [0.15, 0.2) is 71.9 Å². The number of hydrogen-bond donors (Lipinski definition) is 0. The minimum atomic E-state index is 0.133. The van der Waals surface area contributed by atoms with Gasteiger partial charge in [-0.25, -0.2) is 0 Å². The Balaban J connectivity index is 1.79. The largest absolute Gasteiger partial charge is 0.372 e. The number of carbonyl (C=O) groups is 1. The van der Waals surface area contributed by atoms with E-state index in [4.69, 9.17) is 4.74 Å². The second-order valence-electron chi connectivity index (χ2n) is 4.90. The van der Waals surface area contributed by atoms with Crippen LogP contribution in [0.3, 0.4) is 0 Å². The molecule has 19 heavy (non-hydrogen) atoms. The molecule has 96 valence electrons. The summed E-state index contributed by atoms with van der Waals surface area (Å²) in [7, 11) is 0. The maximum Gasteiger partial charge on any atom is 0.189 e. The van der Waals surface area contributed by atoms with Crippen molar-refractivity contribution in [3.8, 4) is 0 Å². The first-order chi connectivity index (χ1) is 9.33. The monoisotopic (exact) mass is 252 g/mol. The van der Waals surface area contributed by atoms with Crippen LogP contribution in [0.1, 0.15) is 0 Å². The predicted molar refractivity (Wildman–Crippen MR) is 75.5 cm³/mol. The third-order valence-electron chi connectivity index (χ3n) is 3.44. The second kappa shape index (κ2) is 5.37. The van der Waals surface area contributed by atoms with Crippen LogP contribution in [0, 0.1) is 11.8 Å². The summed E-state index contributed by atoms with van der Waals surface area (Å²) in [5, 5.41) is 0. The molecule has 2 aliphatic carbocycles. The summed E-state index contributed by atoms with van der Waals surface area (Å²) >= 11 is 0. The van der Waals surface area contributed by atoms with E-state index in [2.05, 4.69) is 24.3 Å². The summed E-state index contributed by atoms with van der Waals surface area (Å²) in [4.78, 5) is 12.4. The van der Waals surface area contributed by atoms with Gasteiger partial charge in [-0.3, -0.25) is 4.79 Å². The van der Waals surface area contributed by atoms with Gasteiger partial charge in [-0.05, 0) is 0 Å². The standard InChI is InChI=1S/C17H16O2/c18-17-15(9-13-5-1-2-6-13)11-19-12-16(17)10-14-7-3-4-8-14/h1-10,13-14H,11-12H2/b15-9-,16-10+. The highest BCUT2D eigenvalue weighted by Crippen LogP contribution is 2.22. The van der Waals surface area contributed by atoms with Crippen molar-refractivity contribution < 1.29 is 9.53 Å². The zero-order valence-corrected chi connectivity index (χ0v) is 10.7. The minimum absolute atomic E-state index is 0.133. The molecule has 3 rings (SSSR count). The zero-order chi connectivity index (χ0) is 13.1.